The molecule has 0 unspecified atom stereocenters. The first-order valence-corrected chi connectivity index (χ1v) is 8.71. The fourth-order valence-corrected chi connectivity index (χ4v) is 3.01. The summed E-state index contributed by atoms with van der Waals surface area (Å²) in [6.45, 7) is 1.97. The molecule has 0 saturated carbocycles. The number of hydrogen-bond acceptors (Lipinski definition) is 5. The van der Waals surface area contributed by atoms with Gasteiger partial charge < -0.3 is 4.74 Å². The van der Waals surface area contributed by atoms with Crippen LogP contribution in [0, 0.1) is 0 Å². The number of thioether (sulfide) groups is 1. The van der Waals surface area contributed by atoms with Crippen molar-refractivity contribution in [2.75, 3.05) is 12.9 Å². The number of rotatable bonds is 5. The van der Waals surface area contributed by atoms with Crippen LogP contribution in [0.1, 0.15) is 22.8 Å². The van der Waals surface area contributed by atoms with E-state index < -0.39 is 11.5 Å². The molecule has 2 aromatic rings. The molecular formula is C15H14Cl2N2O3S. The molecule has 122 valence electrons. The van der Waals surface area contributed by atoms with Crippen molar-refractivity contribution in [2.24, 2.45) is 0 Å². The van der Waals surface area contributed by atoms with Gasteiger partial charge in [0.1, 0.15) is 5.56 Å². The minimum Gasteiger partial charge on any atom is -0.462 e. The first-order chi connectivity index (χ1) is 11.0. The van der Waals surface area contributed by atoms with Crippen molar-refractivity contribution in [3.05, 3.63) is 55.9 Å². The molecule has 1 aromatic carbocycles. The number of carbonyl (C=O) groups excluding carboxylic acids is 1. The lowest BCUT2D eigenvalue weighted by Gasteiger charge is -2.13. The smallest absolute Gasteiger partial charge is 0.345 e. The maximum Gasteiger partial charge on any atom is 0.345 e. The van der Waals surface area contributed by atoms with Crippen LogP contribution in [0.25, 0.3) is 0 Å². The van der Waals surface area contributed by atoms with E-state index in [-0.39, 0.29) is 18.7 Å². The minimum atomic E-state index is -0.698. The summed E-state index contributed by atoms with van der Waals surface area (Å²) in [7, 11) is 0. The van der Waals surface area contributed by atoms with Gasteiger partial charge in [0.2, 0.25) is 0 Å². The van der Waals surface area contributed by atoms with Crippen LogP contribution >= 0.6 is 35.0 Å². The summed E-state index contributed by atoms with van der Waals surface area (Å²) in [4.78, 5) is 28.6. The summed E-state index contributed by atoms with van der Waals surface area (Å²) in [5, 5.41) is 1.34. The second-order valence-electron chi connectivity index (χ2n) is 4.47. The minimum absolute atomic E-state index is 0.118. The molecule has 1 heterocycles. The molecule has 0 N–H and O–H groups in total. The van der Waals surface area contributed by atoms with Crippen molar-refractivity contribution in [1.82, 2.24) is 9.55 Å². The fourth-order valence-electron chi connectivity index (χ4n) is 1.97. The first-order valence-electron chi connectivity index (χ1n) is 6.73. The maximum absolute atomic E-state index is 12.6. The highest BCUT2D eigenvalue weighted by molar-refractivity contribution is 7.98. The van der Waals surface area contributed by atoms with E-state index in [1.54, 1.807) is 31.4 Å². The average Bonchev–Trinajstić information content (AvgIpc) is 2.52. The Balaban J connectivity index is 2.54. The number of ether oxygens (including phenoxy) is 1. The van der Waals surface area contributed by atoms with Gasteiger partial charge in [0.25, 0.3) is 5.56 Å². The van der Waals surface area contributed by atoms with Crippen molar-refractivity contribution >= 4 is 40.9 Å². The summed E-state index contributed by atoms with van der Waals surface area (Å²) < 4.78 is 6.25. The van der Waals surface area contributed by atoms with Crippen LogP contribution in [0.2, 0.25) is 10.0 Å². The van der Waals surface area contributed by atoms with Gasteiger partial charge in [-0.1, -0.05) is 41.0 Å². The zero-order valence-electron chi connectivity index (χ0n) is 12.5. The van der Waals surface area contributed by atoms with Crippen molar-refractivity contribution < 1.29 is 9.53 Å². The van der Waals surface area contributed by atoms with Crippen LogP contribution in [0.3, 0.4) is 0 Å². The number of nitrogens with zero attached hydrogens (tertiary/aromatic N) is 2. The van der Waals surface area contributed by atoms with Gasteiger partial charge in [-0.3, -0.25) is 9.36 Å². The van der Waals surface area contributed by atoms with E-state index in [0.717, 1.165) is 0 Å². The average molecular weight is 373 g/mol. The Morgan fingerprint density at radius 1 is 1.35 bits per heavy atom. The zero-order chi connectivity index (χ0) is 17.0. The molecule has 0 saturated heterocycles. The molecule has 0 bridgehead atoms. The Morgan fingerprint density at radius 3 is 2.57 bits per heavy atom. The van der Waals surface area contributed by atoms with Gasteiger partial charge in [0, 0.05) is 15.6 Å². The van der Waals surface area contributed by atoms with Crippen LogP contribution in [-0.4, -0.2) is 28.4 Å². The third-order valence-electron chi connectivity index (χ3n) is 3.07. The van der Waals surface area contributed by atoms with Crippen molar-refractivity contribution in [3.8, 4) is 0 Å². The van der Waals surface area contributed by atoms with Gasteiger partial charge in [-0.05, 0) is 25.3 Å². The second-order valence-corrected chi connectivity index (χ2v) is 6.06. The summed E-state index contributed by atoms with van der Waals surface area (Å²) in [5.74, 6) is -0.698. The van der Waals surface area contributed by atoms with Crippen molar-refractivity contribution in [1.29, 1.82) is 0 Å². The molecule has 0 radical (unpaired) electrons. The first kappa shape index (κ1) is 17.8. The number of benzene rings is 1. The van der Waals surface area contributed by atoms with Gasteiger partial charge in [-0.25, -0.2) is 9.78 Å². The van der Waals surface area contributed by atoms with Gasteiger partial charge >= 0.3 is 5.97 Å². The summed E-state index contributed by atoms with van der Waals surface area (Å²) in [5.41, 5.74) is -0.0114. The molecule has 5 nitrogen and oxygen atoms in total. The number of carbonyl (C=O) groups is 1. The second kappa shape index (κ2) is 7.86. The monoisotopic (exact) mass is 372 g/mol. The number of hydrogen-bond donors (Lipinski definition) is 0. The molecule has 1 aromatic heterocycles. The Kier molecular flexibility index (Phi) is 6.10. The summed E-state index contributed by atoms with van der Waals surface area (Å²) in [6.07, 6.45) is 3.02. The highest BCUT2D eigenvalue weighted by Gasteiger charge is 2.18. The number of esters is 1. The normalized spacial score (nSPS) is 10.6. The third-order valence-corrected chi connectivity index (χ3v) is 4.47. The van der Waals surface area contributed by atoms with Crippen LogP contribution in [-0.2, 0) is 11.3 Å². The van der Waals surface area contributed by atoms with Gasteiger partial charge in [0.15, 0.2) is 5.16 Å². The van der Waals surface area contributed by atoms with E-state index in [2.05, 4.69) is 4.98 Å². The molecule has 0 aliphatic rings. The zero-order valence-corrected chi connectivity index (χ0v) is 14.8. The molecule has 0 aliphatic carbocycles. The topological polar surface area (TPSA) is 61.2 Å². The van der Waals surface area contributed by atoms with Gasteiger partial charge in [-0.2, -0.15) is 0 Å². The molecule has 0 amide bonds. The predicted octanol–water partition coefficient (Wildman–Crippen LogP) is 3.50. The summed E-state index contributed by atoms with van der Waals surface area (Å²) in [6, 6.07) is 5.10. The van der Waals surface area contributed by atoms with E-state index in [9.17, 15) is 9.59 Å². The van der Waals surface area contributed by atoms with Gasteiger partial charge in [-0.15, -0.1) is 0 Å². The third kappa shape index (κ3) is 3.88. The maximum atomic E-state index is 12.6. The lowest BCUT2D eigenvalue weighted by Crippen LogP contribution is -2.30. The molecule has 23 heavy (non-hydrogen) atoms. The van der Waals surface area contributed by atoms with Gasteiger partial charge in [0.05, 0.1) is 19.3 Å². The standard InChI is InChI=1S/C15H14Cl2N2O3S/c1-3-22-14(21)9-7-18-15(23-2)19(13(9)20)8-10-11(16)5-4-6-12(10)17/h4-7H,3,8H2,1-2H3. The molecule has 0 aliphatic heterocycles. The Bertz CT molecular complexity index is 773. The van der Waals surface area contributed by atoms with Crippen molar-refractivity contribution in [3.63, 3.8) is 0 Å². The molecule has 0 fully saturated rings. The fraction of sp³-hybridized carbons (Fsp3) is 0.267. The molecule has 0 spiro atoms. The van der Waals surface area contributed by atoms with E-state index >= 15 is 0 Å². The molecule has 8 heteroatoms. The van der Waals surface area contributed by atoms with Crippen LogP contribution < -0.4 is 5.56 Å². The Hall–Kier alpha value is -1.50. The van der Waals surface area contributed by atoms with Crippen LogP contribution in [0.15, 0.2) is 34.3 Å². The highest BCUT2D eigenvalue weighted by atomic mass is 35.5. The molecule has 2 rings (SSSR count). The lowest BCUT2D eigenvalue weighted by molar-refractivity contribution is 0.0522. The van der Waals surface area contributed by atoms with E-state index in [1.807, 2.05) is 0 Å². The predicted molar refractivity (Wildman–Crippen MR) is 91.8 cm³/mol. The SMILES string of the molecule is CCOC(=O)c1cnc(SC)n(Cc2c(Cl)cccc2Cl)c1=O. The highest BCUT2D eigenvalue weighted by Crippen LogP contribution is 2.25. The molecular weight excluding hydrogens is 359 g/mol. The molecule has 0 atom stereocenters. The Morgan fingerprint density at radius 2 is 2.00 bits per heavy atom. The summed E-state index contributed by atoms with van der Waals surface area (Å²) >= 11 is 13.6. The van der Waals surface area contributed by atoms with E-state index in [1.165, 1.54) is 22.5 Å². The van der Waals surface area contributed by atoms with Crippen LogP contribution in [0.4, 0.5) is 0 Å². The van der Waals surface area contributed by atoms with Crippen molar-refractivity contribution in [2.45, 2.75) is 18.6 Å². The van der Waals surface area contributed by atoms with E-state index in [0.29, 0.717) is 20.8 Å². The lowest BCUT2D eigenvalue weighted by atomic mass is 10.2. The van der Waals surface area contributed by atoms with Crippen LogP contribution in [0.5, 0.6) is 0 Å². The quantitative estimate of drug-likeness (QED) is 0.456. The number of halogens is 2. The number of aromatic nitrogens is 2. The van der Waals surface area contributed by atoms with E-state index in [4.69, 9.17) is 27.9 Å². The Labute approximate surface area is 147 Å². The largest absolute Gasteiger partial charge is 0.462 e.